The van der Waals surface area contributed by atoms with E-state index in [-0.39, 0.29) is 23.9 Å². The van der Waals surface area contributed by atoms with Crippen LogP contribution in [0.3, 0.4) is 0 Å². The topological polar surface area (TPSA) is 69.7 Å². The maximum atomic E-state index is 10.8. The van der Waals surface area contributed by atoms with Crippen molar-refractivity contribution in [2.75, 3.05) is 19.7 Å². The molecule has 1 saturated carbocycles. The average molecular weight is 328 g/mol. The summed E-state index contributed by atoms with van der Waals surface area (Å²) in [6, 6.07) is 10.3. The van der Waals surface area contributed by atoms with Gasteiger partial charge in [0.05, 0.1) is 11.8 Å². The largest absolute Gasteiger partial charge is 0.396 e. The number of rotatable bonds is 4. The monoisotopic (exact) mass is 328 g/mol. The van der Waals surface area contributed by atoms with Gasteiger partial charge in [-0.25, -0.2) is 0 Å². The Balaban J connectivity index is 1.57. The van der Waals surface area contributed by atoms with Gasteiger partial charge in [0.15, 0.2) is 0 Å². The molecule has 4 atom stereocenters. The summed E-state index contributed by atoms with van der Waals surface area (Å²) in [7, 11) is 0. The molecular formula is C19H24N2O3. The van der Waals surface area contributed by atoms with E-state index in [1.165, 1.54) is 5.56 Å². The SMILES string of the molecule is Cc1noc(C)c1CN1C[C@@H](O)[C@@]2(C1)[C@H](CO)[C@H]2c1ccccc1. The van der Waals surface area contributed by atoms with Crippen LogP contribution in [0.15, 0.2) is 34.9 Å². The predicted molar refractivity (Wildman–Crippen MR) is 89.5 cm³/mol. The fraction of sp³-hybridized carbons (Fsp3) is 0.526. The molecule has 2 aliphatic rings. The van der Waals surface area contributed by atoms with Crippen molar-refractivity contribution in [3.05, 3.63) is 52.9 Å². The first kappa shape index (κ1) is 15.8. The van der Waals surface area contributed by atoms with E-state index < -0.39 is 6.10 Å². The number of aliphatic hydroxyl groups excluding tert-OH is 2. The van der Waals surface area contributed by atoms with Crippen LogP contribution in [0, 0.1) is 25.2 Å². The summed E-state index contributed by atoms with van der Waals surface area (Å²) < 4.78 is 5.25. The smallest absolute Gasteiger partial charge is 0.138 e. The van der Waals surface area contributed by atoms with Gasteiger partial charge in [0.1, 0.15) is 5.76 Å². The zero-order valence-electron chi connectivity index (χ0n) is 14.1. The number of aromatic nitrogens is 1. The molecule has 2 fully saturated rings. The second-order valence-electron chi connectivity index (χ2n) is 7.28. The van der Waals surface area contributed by atoms with E-state index in [9.17, 15) is 10.2 Å². The highest BCUT2D eigenvalue weighted by Crippen LogP contribution is 2.68. The van der Waals surface area contributed by atoms with Gasteiger partial charge in [-0.2, -0.15) is 0 Å². The Hall–Kier alpha value is -1.69. The summed E-state index contributed by atoms with van der Waals surface area (Å²) in [6.07, 6.45) is -0.416. The summed E-state index contributed by atoms with van der Waals surface area (Å²) in [5.41, 5.74) is 3.01. The zero-order chi connectivity index (χ0) is 16.9. The van der Waals surface area contributed by atoms with E-state index in [4.69, 9.17) is 4.52 Å². The maximum Gasteiger partial charge on any atom is 0.138 e. The van der Waals surface area contributed by atoms with Crippen molar-refractivity contribution in [2.45, 2.75) is 32.4 Å². The number of aryl methyl sites for hydroxylation is 2. The molecule has 0 unspecified atom stereocenters. The van der Waals surface area contributed by atoms with E-state index >= 15 is 0 Å². The van der Waals surface area contributed by atoms with Crippen LogP contribution in [-0.2, 0) is 6.54 Å². The molecule has 24 heavy (non-hydrogen) atoms. The van der Waals surface area contributed by atoms with E-state index in [0.29, 0.717) is 6.54 Å². The Morgan fingerprint density at radius 2 is 2.04 bits per heavy atom. The Morgan fingerprint density at radius 1 is 1.29 bits per heavy atom. The van der Waals surface area contributed by atoms with Crippen LogP contribution in [0.1, 0.15) is 28.5 Å². The number of hydrogen-bond donors (Lipinski definition) is 2. The molecule has 128 valence electrons. The van der Waals surface area contributed by atoms with Crippen LogP contribution < -0.4 is 0 Å². The molecule has 1 saturated heterocycles. The third-order valence-electron chi connectivity index (χ3n) is 6.03. The van der Waals surface area contributed by atoms with Crippen molar-refractivity contribution < 1.29 is 14.7 Å². The Morgan fingerprint density at radius 3 is 2.67 bits per heavy atom. The van der Waals surface area contributed by atoms with Gasteiger partial charge in [-0.15, -0.1) is 0 Å². The van der Waals surface area contributed by atoms with Gasteiger partial charge in [-0.05, 0) is 31.2 Å². The molecule has 1 aromatic carbocycles. The van der Waals surface area contributed by atoms with Gasteiger partial charge in [-0.3, -0.25) is 4.90 Å². The Kier molecular flexibility index (Phi) is 3.75. The lowest BCUT2D eigenvalue weighted by molar-refractivity contribution is 0.111. The van der Waals surface area contributed by atoms with Crippen molar-refractivity contribution in [1.29, 1.82) is 0 Å². The number of likely N-dealkylation sites (tertiary alicyclic amines) is 1. The molecule has 1 aromatic heterocycles. The third kappa shape index (κ3) is 2.23. The summed E-state index contributed by atoms with van der Waals surface area (Å²) >= 11 is 0. The van der Waals surface area contributed by atoms with Gasteiger partial charge in [0.2, 0.25) is 0 Å². The molecule has 1 aliphatic heterocycles. The lowest BCUT2D eigenvalue weighted by Gasteiger charge is -2.16. The van der Waals surface area contributed by atoms with Crippen LogP contribution in [0.5, 0.6) is 0 Å². The Bertz CT molecular complexity index is 710. The van der Waals surface area contributed by atoms with E-state index in [0.717, 1.165) is 30.1 Å². The molecule has 1 aliphatic carbocycles. The number of benzene rings is 1. The number of aliphatic hydroxyl groups is 2. The summed E-state index contributed by atoms with van der Waals surface area (Å²) in [5.74, 6) is 1.20. The third-order valence-corrected chi connectivity index (χ3v) is 6.03. The quantitative estimate of drug-likeness (QED) is 0.896. The zero-order valence-corrected chi connectivity index (χ0v) is 14.1. The fourth-order valence-corrected chi connectivity index (χ4v) is 4.73. The lowest BCUT2D eigenvalue weighted by Crippen LogP contribution is -2.23. The van der Waals surface area contributed by atoms with Crippen LogP contribution >= 0.6 is 0 Å². The minimum absolute atomic E-state index is 0.121. The molecule has 1 spiro atoms. The standard InChI is InChI=1S/C19H24N2O3/c1-12-15(13(2)24-20-12)8-21-9-17(23)19(11-21)16(10-22)18(19)14-6-4-3-5-7-14/h3-7,16-18,22-23H,8-11H2,1-2H3/t16-,17-,18-,19-/m1/s1. The average Bonchev–Trinajstić information content (AvgIpc) is 2.98. The van der Waals surface area contributed by atoms with Gasteiger partial charge in [-0.1, -0.05) is 35.5 Å². The van der Waals surface area contributed by atoms with Crippen molar-refractivity contribution >= 4 is 0 Å². The van der Waals surface area contributed by atoms with Crippen molar-refractivity contribution in [3.8, 4) is 0 Å². The molecule has 2 heterocycles. The highest BCUT2D eigenvalue weighted by atomic mass is 16.5. The summed E-state index contributed by atoms with van der Waals surface area (Å²) in [5, 5.41) is 24.7. The fourth-order valence-electron chi connectivity index (χ4n) is 4.73. The highest BCUT2D eigenvalue weighted by molar-refractivity contribution is 5.36. The molecule has 0 radical (unpaired) electrons. The van der Waals surface area contributed by atoms with E-state index in [2.05, 4.69) is 22.2 Å². The van der Waals surface area contributed by atoms with Crippen molar-refractivity contribution in [3.63, 3.8) is 0 Å². The second kappa shape index (κ2) is 5.69. The number of hydrogen-bond acceptors (Lipinski definition) is 5. The first-order chi connectivity index (χ1) is 11.6. The molecule has 0 amide bonds. The maximum absolute atomic E-state index is 10.8. The van der Waals surface area contributed by atoms with Gasteiger partial charge in [0, 0.05) is 37.2 Å². The Labute approximate surface area is 141 Å². The van der Waals surface area contributed by atoms with Crippen molar-refractivity contribution in [1.82, 2.24) is 10.1 Å². The molecule has 2 aromatic rings. The molecule has 2 N–H and O–H groups in total. The first-order valence-electron chi connectivity index (χ1n) is 8.56. The van der Waals surface area contributed by atoms with Crippen molar-refractivity contribution in [2.24, 2.45) is 11.3 Å². The molecule has 5 heteroatoms. The summed E-state index contributed by atoms with van der Waals surface area (Å²) in [4.78, 5) is 2.27. The first-order valence-corrected chi connectivity index (χ1v) is 8.56. The molecule has 4 rings (SSSR count). The number of β-amino-alcohol motifs (C(OH)–C–C–N with tert-alkyl or cyclic N) is 1. The van der Waals surface area contributed by atoms with Crippen LogP contribution in [0.25, 0.3) is 0 Å². The summed E-state index contributed by atoms with van der Waals surface area (Å²) in [6.45, 7) is 6.16. The minimum Gasteiger partial charge on any atom is -0.396 e. The van der Waals surface area contributed by atoms with Crippen LogP contribution in [-0.4, -0.2) is 46.1 Å². The van der Waals surface area contributed by atoms with Gasteiger partial charge >= 0.3 is 0 Å². The van der Waals surface area contributed by atoms with Gasteiger partial charge < -0.3 is 14.7 Å². The molecular weight excluding hydrogens is 304 g/mol. The van der Waals surface area contributed by atoms with Crippen LogP contribution in [0.2, 0.25) is 0 Å². The number of nitrogens with zero attached hydrogens (tertiary/aromatic N) is 2. The van der Waals surface area contributed by atoms with Gasteiger partial charge in [0.25, 0.3) is 0 Å². The lowest BCUT2D eigenvalue weighted by atomic mass is 9.95. The van der Waals surface area contributed by atoms with E-state index in [1.807, 2.05) is 32.0 Å². The van der Waals surface area contributed by atoms with E-state index in [1.54, 1.807) is 0 Å². The predicted octanol–water partition coefficient (Wildman–Crippen LogP) is 1.86. The molecule has 0 bridgehead atoms. The van der Waals surface area contributed by atoms with Crippen LogP contribution in [0.4, 0.5) is 0 Å². The normalized spacial score (nSPS) is 32.6. The minimum atomic E-state index is -0.416. The highest BCUT2D eigenvalue weighted by Gasteiger charge is 2.70. The second-order valence-corrected chi connectivity index (χ2v) is 7.28. The molecule has 5 nitrogen and oxygen atoms in total.